The lowest BCUT2D eigenvalue weighted by atomic mass is 10.1. The van der Waals surface area contributed by atoms with Gasteiger partial charge in [0.2, 0.25) is 0 Å². The molecule has 1 N–H and O–H groups in total. The Labute approximate surface area is 152 Å². The number of hydrogen-bond acceptors (Lipinski definition) is 3. The molecule has 26 heavy (non-hydrogen) atoms. The molecule has 0 aliphatic carbocycles. The fourth-order valence-electron chi connectivity index (χ4n) is 2.57. The van der Waals surface area contributed by atoms with Crippen molar-refractivity contribution in [3.05, 3.63) is 90.0 Å². The number of carbonyl (C=O) groups excluding carboxylic acids is 1. The van der Waals surface area contributed by atoms with Crippen LogP contribution in [0.3, 0.4) is 0 Å². The molecule has 1 aromatic heterocycles. The van der Waals surface area contributed by atoms with E-state index in [-0.39, 0.29) is 11.7 Å². The molecule has 0 saturated heterocycles. The Morgan fingerprint density at radius 2 is 1.77 bits per heavy atom. The molecule has 132 valence electrons. The molecule has 2 aromatic carbocycles. The Hall–Kier alpha value is -3.21. The molecule has 0 fully saturated rings. The Morgan fingerprint density at radius 3 is 2.42 bits per heavy atom. The first-order chi connectivity index (χ1) is 12.6. The van der Waals surface area contributed by atoms with Crippen LogP contribution in [-0.2, 0) is 6.42 Å². The summed E-state index contributed by atoms with van der Waals surface area (Å²) in [7, 11) is 1.73. The van der Waals surface area contributed by atoms with E-state index in [0.717, 1.165) is 23.4 Å². The van der Waals surface area contributed by atoms with Crippen LogP contribution >= 0.6 is 0 Å². The summed E-state index contributed by atoms with van der Waals surface area (Å²) in [4.78, 5) is 18.3. The van der Waals surface area contributed by atoms with Crippen LogP contribution in [0.15, 0.2) is 72.9 Å². The molecular weight excluding hydrogens is 329 g/mol. The minimum atomic E-state index is -0.230. The van der Waals surface area contributed by atoms with Gasteiger partial charge in [0.25, 0.3) is 5.91 Å². The van der Waals surface area contributed by atoms with E-state index in [1.54, 1.807) is 36.3 Å². The molecule has 0 radical (unpaired) electrons. The van der Waals surface area contributed by atoms with Crippen LogP contribution in [0.25, 0.3) is 0 Å². The highest BCUT2D eigenvalue weighted by Gasteiger charge is 2.14. The number of halogens is 1. The first-order valence-electron chi connectivity index (χ1n) is 8.41. The highest BCUT2D eigenvalue weighted by Crippen LogP contribution is 2.15. The molecule has 1 heterocycles. The van der Waals surface area contributed by atoms with Gasteiger partial charge in [0.1, 0.15) is 11.5 Å². The van der Waals surface area contributed by atoms with Gasteiger partial charge in [-0.2, -0.15) is 0 Å². The number of anilines is 2. The lowest BCUT2D eigenvalue weighted by Crippen LogP contribution is -2.26. The standard InChI is InChI=1S/C21H20FN3O/c1-25(19-5-3-2-4-6-19)21(26)20-12-11-18(15-24-20)23-14-13-16-7-9-17(22)10-8-16/h2-12,15,23H,13-14H2,1H3. The van der Waals surface area contributed by atoms with Gasteiger partial charge < -0.3 is 10.2 Å². The van der Waals surface area contributed by atoms with Gasteiger partial charge in [0, 0.05) is 19.3 Å². The van der Waals surface area contributed by atoms with Crippen molar-refractivity contribution in [2.45, 2.75) is 6.42 Å². The number of rotatable bonds is 6. The average Bonchev–Trinajstić information content (AvgIpc) is 2.69. The van der Waals surface area contributed by atoms with Gasteiger partial charge >= 0.3 is 0 Å². The number of benzene rings is 2. The van der Waals surface area contributed by atoms with Crippen molar-refractivity contribution in [1.82, 2.24) is 4.98 Å². The summed E-state index contributed by atoms with van der Waals surface area (Å²) in [6, 6.07) is 19.5. The van der Waals surface area contributed by atoms with Crippen molar-refractivity contribution >= 4 is 17.3 Å². The van der Waals surface area contributed by atoms with Crippen LogP contribution in [0, 0.1) is 5.82 Å². The van der Waals surface area contributed by atoms with Gasteiger partial charge in [-0.1, -0.05) is 30.3 Å². The summed E-state index contributed by atoms with van der Waals surface area (Å²) in [6.07, 6.45) is 2.43. The third-order valence-electron chi connectivity index (χ3n) is 4.09. The van der Waals surface area contributed by atoms with Crippen molar-refractivity contribution in [3.63, 3.8) is 0 Å². The molecule has 0 unspecified atom stereocenters. The molecule has 4 nitrogen and oxygen atoms in total. The zero-order chi connectivity index (χ0) is 18.4. The van der Waals surface area contributed by atoms with Crippen molar-refractivity contribution in [2.24, 2.45) is 0 Å². The van der Waals surface area contributed by atoms with Crippen LogP contribution in [0.4, 0.5) is 15.8 Å². The predicted molar refractivity (Wildman–Crippen MR) is 102 cm³/mol. The summed E-state index contributed by atoms with van der Waals surface area (Å²) in [5, 5.41) is 3.25. The van der Waals surface area contributed by atoms with Crippen molar-refractivity contribution in [1.29, 1.82) is 0 Å². The van der Waals surface area contributed by atoms with E-state index in [2.05, 4.69) is 10.3 Å². The lowest BCUT2D eigenvalue weighted by Gasteiger charge is -2.16. The number of nitrogens with one attached hydrogen (secondary N) is 1. The lowest BCUT2D eigenvalue weighted by molar-refractivity contribution is 0.0988. The quantitative estimate of drug-likeness (QED) is 0.727. The maximum Gasteiger partial charge on any atom is 0.276 e. The van der Waals surface area contributed by atoms with Crippen molar-refractivity contribution < 1.29 is 9.18 Å². The summed E-state index contributed by atoms with van der Waals surface area (Å²) in [5.41, 5.74) is 3.11. The van der Waals surface area contributed by atoms with Crippen molar-refractivity contribution in [2.75, 3.05) is 23.8 Å². The number of aromatic nitrogens is 1. The SMILES string of the molecule is CN(C(=O)c1ccc(NCCc2ccc(F)cc2)cn1)c1ccccc1. The summed E-state index contributed by atoms with van der Waals surface area (Å²) >= 11 is 0. The second-order valence-corrected chi connectivity index (χ2v) is 5.94. The highest BCUT2D eigenvalue weighted by atomic mass is 19.1. The van der Waals surface area contributed by atoms with E-state index in [1.807, 2.05) is 36.4 Å². The number of nitrogens with zero attached hydrogens (tertiary/aromatic N) is 2. The Bertz CT molecular complexity index is 849. The molecule has 0 spiro atoms. The second-order valence-electron chi connectivity index (χ2n) is 5.94. The maximum atomic E-state index is 12.9. The number of hydrogen-bond donors (Lipinski definition) is 1. The number of carbonyl (C=O) groups is 1. The van der Waals surface area contributed by atoms with Crippen LogP contribution < -0.4 is 10.2 Å². The van der Waals surface area contributed by atoms with E-state index >= 15 is 0 Å². The van der Waals surface area contributed by atoms with E-state index in [0.29, 0.717) is 12.2 Å². The smallest absolute Gasteiger partial charge is 0.276 e. The third-order valence-corrected chi connectivity index (χ3v) is 4.09. The fourth-order valence-corrected chi connectivity index (χ4v) is 2.57. The topological polar surface area (TPSA) is 45.2 Å². The normalized spacial score (nSPS) is 10.4. The summed E-state index contributed by atoms with van der Waals surface area (Å²) in [5.74, 6) is -0.388. The summed E-state index contributed by atoms with van der Waals surface area (Å²) in [6.45, 7) is 0.699. The van der Waals surface area contributed by atoms with E-state index in [9.17, 15) is 9.18 Å². The number of pyridine rings is 1. The zero-order valence-electron chi connectivity index (χ0n) is 14.5. The molecule has 0 aliphatic rings. The number of amides is 1. The minimum absolute atomic E-state index is 0.158. The molecule has 0 bridgehead atoms. The Balaban J connectivity index is 1.56. The maximum absolute atomic E-state index is 12.9. The molecule has 0 saturated carbocycles. The van der Waals surface area contributed by atoms with E-state index in [1.165, 1.54) is 12.1 Å². The third kappa shape index (κ3) is 4.45. The van der Waals surface area contributed by atoms with Crippen LogP contribution in [0.2, 0.25) is 0 Å². The minimum Gasteiger partial charge on any atom is -0.383 e. The van der Waals surface area contributed by atoms with Crippen LogP contribution in [-0.4, -0.2) is 24.5 Å². The molecule has 0 atom stereocenters. The zero-order valence-corrected chi connectivity index (χ0v) is 14.5. The number of para-hydroxylation sites is 1. The van der Waals surface area contributed by atoms with Gasteiger partial charge in [-0.15, -0.1) is 0 Å². The highest BCUT2D eigenvalue weighted by molar-refractivity contribution is 6.04. The Morgan fingerprint density at radius 1 is 1.04 bits per heavy atom. The Kier molecular flexibility index (Phi) is 5.59. The van der Waals surface area contributed by atoms with Crippen LogP contribution in [0.5, 0.6) is 0 Å². The van der Waals surface area contributed by atoms with E-state index in [4.69, 9.17) is 0 Å². The van der Waals surface area contributed by atoms with Gasteiger partial charge in [-0.25, -0.2) is 9.37 Å². The van der Waals surface area contributed by atoms with Crippen molar-refractivity contribution in [3.8, 4) is 0 Å². The molecular formula is C21H20FN3O. The molecule has 0 aliphatic heterocycles. The largest absolute Gasteiger partial charge is 0.383 e. The monoisotopic (exact) mass is 349 g/mol. The predicted octanol–water partition coefficient (Wildman–Crippen LogP) is 4.15. The molecule has 3 aromatic rings. The van der Waals surface area contributed by atoms with Gasteiger partial charge in [0.05, 0.1) is 11.9 Å². The fraction of sp³-hybridized carbons (Fsp3) is 0.143. The second kappa shape index (κ2) is 8.25. The molecule has 5 heteroatoms. The van der Waals surface area contributed by atoms with Gasteiger partial charge in [-0.05, 0) is 48.4 Å². The van der Waals surface area contributed by atoms with Gasteiger partial charge in [0.15, 0.2) is 0 Å². The van der Waals surface area contributed by atoms with Gasteiger partial charge in [-0.3, -0.25) is 4.79 Å². The first kappa shape index (κ1) is 17.6. The first-order valence-corrected chi connectivity index (χ1v) is 8.41. The molecule has 3 rings (SSSR count). The average molecular weight is 349 g/mol. The van der Waals surface area contributed by atoms with E-state index < -0.39 is 0 Å². The van der Waals surface area contributed by atoms with Crippen LogP contribution in [0.1, 0.15) is 16.1 Å². The molecule has 1 amide bonds. The summed E-state index contributed by atoms with van der Waals surface area (Å²) < 4.78 is 12.9.